The number of aromatic carboxylic acids is 1. The molecule has 0 fully saturated rings. The highest BCUT2D eigenvalue weighted by molar-refractivity contribution is 5.95. The number of amides is 1. The quantitative estimate of drug-likeness (QED) is 0.795. The predicted molar refractivity (Wildman–Crippen MR) is 80.1 cm³/mol. The molecule has 1 aromatic carbocycles. The second-order valence-electron chi connectivity index (χ2n) is 5.10. The Hall–Kier alpha value is -1.84. The van der Waals surface area contributed by atoms with Crippen molar-refractivity contribution in [3.8, 4) is 0 Å². The summed E-state index contributed by atoms with van der Waals surface area (Å²) in [6.07, 6.45) is 3.65. The van der Waals surface area contributed by atoms with Crippen LogP contribution in [-0.4, -0.2) is 17.0 Å². The van der Waals surface area contributed by atoms with Gasteiger partial charge >= 0.3 is 5.97 Å². The number of hydrogen-bond donors (Lipinski definition) is 2. The Bertz CT molecular complexity index is 477. The molecule has 20 heavy (non-hydrogen) atoms. The zero-order valence-corrected chi connectivity index (χ0v) is 12.4. The van der Waals surface area contributed by atoms with Crippen molar-refractivity contribution in [2.45, 2.75) is 46.5 Å². The van der Waals surface area contributed by atoms with Crippen molar-refractivity contribution < 1.29 is 14.7 Å². The fourth-order valence-corrected chi connectivity index (χ4v) is 2.28. The smallest absolute Gasteiger partial charge is 0.336 e. The highest BCUT2D eigenvalue weighted by atomic mass is 16.4. The summed E-state index contributed by atoms with van der Waals surface area (Å²) < 4.78 is 0. The maximum absolute atomic E-state index is 12.2. The zero-order chi connectivity index (χ0) is 15.1. The number of rotatable bonds is 7. The van der Waals surface area contributed by atoms with Gasteiger partial charge < -0.3 is 10.4 Å². The van der Waals surface area contributed by atoms with E-state index in [1.807, 2.05) is 0 Å². The summed E-state index contributed by atoms with van der Waals surface area (Å²) in [5.74, 6) is -0.995. The van der Waals surface area contributed by atoms with E-state index >= 15 is 0 Å². The Kier molecular flexibility index (Phi) is 6.22. The SMILES string of the molecule is CCCC(CCC)C(=O)Nc1ccc(C)c(C(=O)O)c1. The van der Waals surface area contributed by atoms with Gasteiger partial charge in [-0.05, 0) is 37.5 Å². The van der Waals surface area contributed by atoms with E-state index in [-0.39, 0.29) is 17.4 Å². The van der Waals surface area contributed by atoms with Crippen LogP contribution in [0.2, 0.25) is 0 Å². The first-order chi connectivity index (χ1) is 9.49. The van der Waals surface area contributed by atoms with Crippen LogP contribution in [0, 0.1) is 12.8 Å². The molecule has 0 aliphatic heterocycles. The van der Waals surface area contributed by atoms with Gasteiger partial charge in [0.15, 0.2) is 0 Å². The van der Waals surface area contributed by atoms with Crippen molar-refractivity contribution in [1.82, 2.24) is 0 Å². The Morgan fingerprint density at radius 1 is 1.20 bits per heavy atom. The monoisotopic (exact) mass is 277 g/mol. The minimum absolute atomic E-state index is 0.000388. The van der Waals surface area contributed by atoms with Crippen LogP contribution in [0.5, 0.6) is 0 Å². The van der Waals surface area contributed by atoms with Crippen molar-refractivity contribution in [2.75, 3.05) is 5.32 Å². The second kappa shape index (κ2) is 7.68. The third-order valence-corrected chi connectivity index (χ3v) is 3.38. The lowest BCUT2D eigenvalue weighted by atomic mass is 9.97. The maximum atomic E-state index is 12.2. The van der Waals surface area contributed by atoms with Gasteiger partial charge in [0.05, 0.1) is 5.56 Å². The van der Waals surface area contributed by atoms with Crippen LogP contribution in [0.4, 0.5) is 5.69 Å². The van der Waals surface area contributed by atoms with Gasteiger partial charge in [-0.25, -0.2) is 4.79 Å². The molecule has 0 atom stereocenters. The average molecular weight is 277 g/mol. The molecule has 110 valence electrons. The summed E-state index contributed by atoms with van der Waals surface area (Å²) in [5.41, 5.74) is 1.47. The molecule has 0 aliphatic rings. The van der Waals surface area contributed by atoms with E-state index in [0.29, 0.717) is 11.3 Å². The molecule has 0 saturated heterocycles. The van der Waals surface area contributed by atoms with E-state index in [9.17, 15) is 9.59 Å². The molecule has 1 aromatic rings. The average Bonchev–Trinajstić information content (AvgIpc) is 2.40. The standard InChI is InChI=1S/C16H23NO3/c1-4-6-12(7-5-2)15(18)17-13-9-8-11(3)14(10-13)16(19)20/h8-10,12H,4-7H2,1-3H3,(H,17,18)(H,19,20). The fraction of sp³-hybridized carbons (Fsp3) is 0.500. The molecule has 1 amide bonds. The summed E-state index contributed by atoms with van der Waals surface area (Å²) in [4.78, 5) is 23.3. The molecular formula is C16H23NO3. The minimum atomic E-state index is -0.975. The molecule has 0 aliphatic carbocycles. The van der Waals surface area contributed by atoms with Crippen LogP contribution < -0.4 is 5.32 Å². The summed E-state index contributed by atoms with van der Waals surface area (Å²) in [7, 11) is 0. The Labute approximate surface area is 120 Å². The first-order valence-electron chi connectivity index (χ1n) is 7.14. The lowest BCUT2D eigenvalue weighted by Gasteiger charge is -2.15. The van der Waals surface area contributed by atoms with Crippen LogP contribution in [0.3, 0.4) is 0 Å². The van der Waals surface area contributed by atoms with Crippen molar-refractivity contribution in [1.29, 1.82) is 0 Å². The second-order valence-corrected chi connectivity index (χ2v) is 5.10. The Morgan fingerprint density at radius 2 is 1.80 bits per heavy atom. The summed E-state index contributed by atoms with van der Waals surface area (Å²) in [6, 6.07) is 4.98. The van der Waals surface area contributed by atoms with Crippen LogP contribution in [0.15, 0.2) is 18.2 Å². The number of carboxylic acid groups (broad SMARTS) is 1. The van der Waals surface area contributed by atoms with Gasteiger partial charge in [0.2, 0.25) is 5.91 Å². The molecule has 4 heteroatoms. The molecule has 0 spiro atoms. The number of nitrogens with one attached hydrogen (secondary N) is 1. The van der Waals surface area contributed by atoms with Gasteiger partial charge in [0.1, 0.15) is 0 Å². The Balaban J connectivity index is 2.84. The predicted octanol–water partition coefficient (Wildman–Crippen LogP) is 3.85. The summed E-state index contributed by atoms with van der Waals surface area (Å²) in [6.45, 7) is 5.86. The highest BCUT2D eigenvalue weighted by Crippen LogP contribution is 2.19. The molecule has 0 saturated carbocycles. The van der Waals surface area contributed by atoms with Gasteiger partial charge in [-0.15, -0.1) is 0 Å². The molecule has 0 radical (unpaired) electrons. The van der Waals surface area contributed by atoms with Crippen molar-refractivity contribution in [2.24, 2.45) is 5.92 Å². The largest absolute Gasteiger partial charge is 0.478 e. The first-order valence-corrected chi connectivity index (χ1v) is 7.14. The molecular weight excluding hydrogens is 254 g/mol. The van der Waals surface area contributed by atoms with Crippen LogP contribution in [0.25, 0.3) is 0 Å². The number of benzene rings is 1. The first kappa shape index (κ1) is 16.2. The molecule has 0 unspecified atom stereocenters. The lowest BCUT2D eigenvalue weighted by Crippen LogP contribution is -2.23. The molecule has 4 nitrogen and oxygen atoms in total. The van der Waals surface area contributed by atoms with Gasteiger partial charge in [0, 0.05) is 11.6 Å². The third kappa shape index (κ3) is 4.37. The van der Waals surface area contributed by atoms with Gasteiger partial charge in [0.25, 0.3) is 0 Å². The molecule has 1 rings (SSSR count). The van der Waals surface area contributed by atoms with E-state index in [1.165, 1.54) is 6.07 Å². The van der Waals surface area contributed by atoms with Crippen LogP contribution in [0.1, 0.15) is 55.5 Å². The van der Waals surface area contributed by atoms with Crippen molar-refractivity contribution in [3.05, 3.63) is 29.3 Å². The topological polar surface area (TPSA) is 66.4 Å². The summed E-state index contributed by atoms with van der Waals surface area (Å²) in [5, 5.41) is 11.9. The van der Waals surface area contributed by atoms with Gasteiger partial charge in [-0.1, -0.05) is 32.8 Å². The fourth-order valence-electron chi connectivity index (χ4n) is 2.28. The number of aryl methyl sites for hydroxylation is 1. The van der Waals surface area contributed by atoms with Crippen LogP contribution >= 0.6 is 0 Å². The number of carbonyl (C=O) groups is 2. The third-order valence-electron chi connectivity index (χ3n) is 3.38. The molecule has 0 aromatic heterocycles. The van der Waals surface area contributed by atoms with Crippen LogP contribution in [-0.2, 0) is 4.79 Å². The molecule has 0 bridgehead atoms. The van der Waals surface area contributed by atoms with Gasteiger partial charge in [-0.3, -0.25) is 4.79 Å². The van der Waals surface area contributed by atoms with Gasteiger partial charge in [-0.2, -0.15) is 0 Å². The maximum Gasteiger partial charge on any atom is 0.336 e. The Morgan fingerprint density at radius 3 is 2.30 bits per heavy atom. The normalized spacial score (nSPS) is 10.6. The number of carboxylic acids is 1. The lowest BCUT2D eigenvalue weighted by molar-refractivity contribution is -0.120. The van der Waals surface area contributed by atoms with E-state index in [4.69, 9.17) is 5.11 Å². The number of anilines is 1. The van der Waals surface area contributed by atoms with Crippen molar-refractivity contribution >= 4 is 17.6 Å². The van der Waals surface area contributed by atoms with Crippen molar-refractivity contribution in [3.63, 3.8) is 0 Å². The number of hydrogen-bond acceptors (Lipinski definition) is 2. The molecule has 0 heterocycles. The highest BCUT2D eigenvalue weighted by Gasteiger charge is 2.17. The molecule has 2 N–H and O–H groups in total. The van der Waals surface area contributed by atoms with E-state index < -0.39 is 5.97 Å². The zero-order valence-electron chi connectivity index (χ0n) is 12.4. The van der Waals surface area contributed by atoms with E-state index in [1.54, 1.807) is 19.1 Å². The number of carbonyl (C=O) groups excluding carboxylic acids is 1. The minimum Gasteiger partial charge on any atom is -0.478 e. The van der Waals surface area contributed by atoms with E-state index in [0.717, 1.165) is 25.7 Å². The summed E-state index contributed by atoms with van der Waals surface area (Å²) >= 11 is 0. The van der Waals surface area contributed by atoms with E-state index in [2.05, 4.69) is 19.2 Å².